The quantitative estimate of drug-likeness (QED) is 0.599. The summed E-state index contributed by atoms with van der Waals surface area (Å²) in [6.07, 6.45) is 0.888. The van der Waals surface area contributed by atoms with Crippen LogP contribution in [0.3, 0.4) is 0 Å². The predicted octanol–water partition coefficient (Wildman–Crippen LogP) is 3.23. The molecule has 0 bridgehead atoms. The second-order valence-electron chi connectivity index (χ2n) is 6.26. The predicted molar refractivity (Wildman–Crippen MR) is 105 cm³/mol. The first-order valence-corrected chi connectivity index (χ1v) is 10.0. The Hall–Kier alpha value is -2.94. The van der Waals surface area contributed by atoms with Crippen LogP contribution >= 0.6 is 0 Å². The van der Waals surface area contributed by atoms with E-state index in [0.717, 1.165) is 17.7 Å². The zero-order chi connectivity index (χ0) is 19.6. The minimum atomic E-state index is -3.79. The monoisotopic (exact) mass is 386 g/mol. The lowest BCUT2D eigenvalue weighted by atomic mass is 10.1. The summed E-state index contributed by atoms with van der Waals surface area (Å²) in [5.74, 6) is 0.679. The summed E-state index contributed by atoms with van der Waals surface area (Å²) < 4.78 is 27.5. The highest BCUT2D eigenvalue weighted by Gasteiger charge is 2.22. The highest BCUT2D eigenvalue weighted by molar-refractivity contribution is 7.92. The average molecular weight is 386 g/mol. The fourth-order valence-corrected chi connectivity index (χ4v) is 4.28. The van der Waals surface area contributed by atoms with Gasteiger partial charge in [0, 0.05) is 5.69 Å². The van der Waals surface area contributed by atoms with Crippen molar-refractivity contribution in [2.75, 3.05) is 10.0 Å². The Bertz CT molecular complexity index is 1040. The van der Waals surface area contributed by atoms with Gasteiger partial charge in [0.2, 0.25) is 0 Å². The Morgan fingerprint density at radius 1 is 1.04 bits per heavy atom. The maximum Gasteiger partial charge on any atom is 0.266 e. The molecular formula is C18H22N6O2S. The number of hydrogen-bond donors (Lipinski definition) is 3. The molecule has 0 unspecified atom stereocenters. The van der Waals surface area contributed by atoms with Crippen LogP contribution in [0.5, 0.6) is 0 Å². The molecule has 0 aliphatic rings. The molecule has 0 aliphatic carbocycles. The molecule has 0 saturated heterocycles. The number of H-pyrrole nitrogens is 1. The smallest absolute Gasteiger partial charge is 0.266 e. The van der Waals surface area contributed by atoms with E-state index in [9.17, 15) is 8.42 Å². The zero-order valence-corrected chi connectivity index (χ0v) is 16.5. The van der Waals surface area contributed by atoms with E-state index in [0.29, 0.717) is 17.2 Å². The molecule has 2 aromatic heterocycles. The molecule has 2 heterocycles. The van der Waals surface area contributed by atoms with Crippen molar-refractivity contribution in [2.24, 2.45) is 0 Å². The van der Waals surface area contributed by atoms with Crippen LogP contribution in [-0.2, 0) is 16.4 Å². The number of aryl methyl sites for hydroxylation is 4. The maximum atomic E-state index is 12.6. The van der Waals surface area contributed by atoms with E-state index in [1.807, 2.05) is 19.1 Å². The molecule has 3 N–H and O–H groups in total. The Labute approximate surface area is 158 Å². The largest absolute Gasteiger partial charge is 0.338 e. The van der Waals surface area contributed by atoms with E-state index in [1.165, 1.54) is 5.56 Å². The van der Waals surface area contributed by atoms with Crippen molar-refractivity contribution in [2.45, 2.75) is 39.0 Å². The Kier molecular flexibility index (Phi) is 5.13. The van der Waals surface area contributed by atoms with Crippen LogP contribution in [0.2, 0.25) is 0 Å². The summed E-state index contributed by atoms with van der Waals surface area (Å²) in [5, 5.41) is 17.9. The number of hydrogen-bond acceptors (Lipinski definition) is 6. The first kappa shape index (κ1) is 18.8. The lowest BCUT2D eigenvalue weighted by Crippen LogP contribution is -2.16. The molecule has 0 saturated carbocycles. The summed E-state index contributed by atoms with van der Waals surface area (Å²) in [7, 11) is -3.79. The number of nitrogens with zero attached hydrogens (tertiary/aromatic N) is 3. The van der Waals surface area contributed by atoms with Crippen molar-refractivity contribution in [1.82, 2.24) is 20.4 Å². The fourth-order valence-electron chi connectivity index (χ4n) is 2.91. The van der Waals surface area contributed by atoms with Gasteiger partial charge in [0.25, 0.3) is 10.0 Å². The number of benzene rings is 1. The van der Waals surface area contributed by atoms with Gasteiger partial charge in [-0.3, -0.25) is 9.82 Å². The van der Waals surface area contributed by atoms with Gasteiger partial charge in [0.15, 0.2) is 11.6 Å². The third-order valence-corrected chi connectivity index (χ3v) is 5.84. The molecule has 0 spiro atoms. The van der Waals surface area contributed by atoms with Crippen molar-refractivity contribution in [1.29, 1.82) is 0 Å². The first-order chi connectivity index (χ1) is 12.8. The number of aromatic nitrogens is 4. The molecule has 0 radical (unpaired) electrons. The highest BCUT2D eigenvalue weighted by Crippen LogP contribution is 2.25. The van der Waals surface area contributed by atoms with Crippen LogP contribution in [0, 0.1) is 20.8 Å². The van der Waals surface area contributed by atoms with Crippen molar-refractivity contribution in [3.8, 4) is 0 Å². The molecule has 0 atom stereocenters. The van der Waals surface area contributed by atoms with Crippen LogP contribution in [0.1, 0.15) is 29.4 Å². The van der Waals surface area contributed by atoms with Gasteiger partial charge in [-0.15, -0.1) is 10.2 Å². The van der Waals surface area contributed by atoms with Crippen LogP contribution < -0.4 is 10.0 Å². The van der Waals surface area contributed by atoms with Gasteiger partial charge >= 0.3 is 0 Å². The summed E-state index contributed by atoms with van der Waals surface area (Å²) in [6, 6.07) is 9.35. The number of para-hydroxylation sites is 1. The molecular weight excluding hydrogens is 364 g/mol. The Balaban J connectivity index is 1.81. The lowest BCUT2D eigenvalue weighted by Gasteiger charge is -2.13. The number of anilines is 3. The molecule has 1 aromatic carbocycles. The van der Waals surface area contributed by atoms with Crippen molar-refractivity contribution < 1.29 is 8.42 Å². The summed E-state index contributed by atoms with van der Waals surface area (Å²) >= 11 is 0. The first-order valence-electron chi connectivity index (χ1n) is 8.55. The molecule has 142 valence electrons. The summed E-state index contributed by atoms with van der Waals surface area (Å²) in [6.45, 7) is 7.39. The fraction of sp³-hybridized carbons (Fsp3) is 0.278. The van der Waals surface area contributed by atoms with Crippen LogP contribution in [0.25, 0.3) is 0 Å². The van der Waals surface area contributed by atoms with Gasteiger partial charge in [0.1, 0.15) is 4.90 Å². The normalized spacial score (nSPS) is 11.4. The van der Waals surface area contributed by atoms with Gasteiger partial charge in [-0.1, -0.05) is 25.1 Å². The lowest BCUT2D eigenvalue weighted by molar-refractivity contribution is 0.600. The van der Waals surface area contributed by atoms with E-state index in [2.05, 4.69) is 43.4 Å². The van der Waals surface area contributed by atoms with Gasteiger partial charge in [0.05, 0.1) is 11.4 Å². The second-order valence-corrected chi connectivity index (χ2v) is 7.88. The second kappa shape index (κ2) is 7.36. The average Bonchev–Trinajstić information content (AvgIpc) is 2.97. The number of nitrogens with one attached hydrogen (secondary N) is 3. The van der Waals surface area contributed by atoms with E-state index < -0.39 is 10.0 Å². The van der Waals surface area contributed by atoms with Crippen LogP contribution in [-0.4, -0.2) is 28.8 Å². The minimum absolute atomic E-state index is 0.124. The highest BCUT2D eigenvalue weighted by atomic mass is 32.2. The Morgan fingerprint density at radius 2 is 1.74 bits per heavy atom. The van der Waals surface area contributed by atoms with Gasteiger partial charge in [-0.25, -0.2) is 8.42 Å². The van der Waals surface area contributed by atoms with Crippen LogP contribution in [0.4, 0.5) is 17.3 Å². The SMILES string of the molecule is CCc1cccc(C)c1Nc1ccc(NS(=O)(=O)c2c(C)n[nH]c2C)nn1. The molecule has 0 aliphatic heterocycles. The topological polar surface area (TPSA) is 113 Å². The minimum Gasteiger partial charge on any atom is -0.338 e. The number of aromatic amines is 1. The summed E-state index contributed by atoms with van der Waals surface area (Å²) in [4.78, 5) is 0.124. The molecule has 0 fully saturated rings. The molecule has 8 nitrogen and oxygen atoms in total. The van der Waals surface area contributed by atoms with E-state index in [1.54, 1.807) is 26.0 Å². The maximum absolute atomic E-state index is 12.6. The van der Waals surface area contributed by atoms with Crippen LogP contribution in [0.15, 0.2) is 35.2 Å². The standard InChI is InChI=1S/C18H22N6O2S/c1-5-14-8-6-7-11(2)17(14)19-15-9-10-16(23-22-15)24-27(25,26)18-12(3)20-21-13(18)4/h6-10H,5H2,1-4H3,(H,19,22)(H,20,21)(H,23,24). The van der Waals surface area contributed by atoms with E-state index in [-0.39, 0.29) is 10.7 Å². The number of sulfonamides is 1. The molecule has 9 heteroatoms. The molecule has 27 heavy (non-hydrogen) atoms. The molecule has 3 rings (SSSR count). The molecule has 0 amide bonds. The van der Waals surface area contributed by atoms with Crippen molar-refractivity contribution >= 4 is 27.3 Å². The van der Waals surface area contributed by atoms with Crippen molar-refractivity contribution in [3.63, 3.8) is 0 Å². The van der Waals surface area contributed by atoms with Crippen molar-refractivity contribution in [3.05, 3.63) is 52.8 Å². The van der Waals surface area contributed by atoms with Gasteiger partial charge in [-0.2, -0.15) is 5.10 Å². The summed E-state index contributed by atoms with van der Waals surface area (Å²) in [5.41, 5.74) is 4.14. The molecule has 3 aromatic rings. The third kappa shape index (κ3) is 3.92. The Morgan fingerprint density at radius 3 is 2.33 bits per heavy atom. The number of rotatable bonds is 6. The zero-order valence-electron chi connectivity index (χ0n) is 15.7. The van der Waals surface area contributed by atoms with Gasteiger partial charge in [-0.05, 0) is 50.5 Å². The van der Waals surface area contributed by atoms with E-state index >= 15 is 0 Å². The van der Waals surface area contributed by atoms with Gasteiger partial charge < -0.3 is 5.32 Å². The van der Waals surface area contributed by atoms with E-state index in [4.69, 9.17) is 0 Å². The third-order valence-electron chi connectivity index (χ3n) is 4.23.